The molecule has 2 amide bonds. The van der Waals surface area contributed by atoms with Crippen molar-refractivity contribution in [3.05, 3.63) is 64.7 Å². The van der Waals surface area contributed by atoms with Crippen LogP contribution in [-0.2, 0) is 16.0 Å². The summed E-state index contributed by atoms with van der Waals surface area (Å²) in [4.78, 5) is 26.8. The van der Waals surface area contributed by atoms with E-state index in [0.29, 0.717) is 37.4 Å². The summed E-state index contributed by atoms with van der Waals surface area (Å²) in [6.45, 7) is 3.28. The number of benzene rings is 2. The molecule has 1 fully saturated rings. The molecule has 0 saturated carbocycles. The molecule has 26 heavy (non-hydrogen) atoms. The van der Waals surface area contributed by atoms with Crippen molar-refractivity contribution in [2.45, 2.75) is 26.2 Å². The van der Waals surface area contributed by atoms with Gasteiger partial charge in [0, 0.05) is 29.7 Å². The fraction of sp³-hybridized carbons (Fsp3) is 0.333. The molecule has 2 aromatic rings. The third kappa shape index (κ3) is 4.85. The van der Waals surface area contributed by atoms with E-state index >= 15 is 0 Å². The van der Waals surface area contributed by atoms with Crippen LogP contribution in [0.15, 0.2) is 48.5 Å². The molecule has 1 heterocycles. The number of carbonyl (C=O) groups excluding carboxylic acids is 2. The number of halogens is 1. The first-order valence-electron chi connectivity index (χ1n) is 8.91. The van der Waals surface area contributed by atoms with Gasteiger partial charge >= 0.3 is 0 Å². The van der Waals surface area contributed by atoms with Crippen LogP contribution in [0.1, 0.15) is 24.0 Å². The number of nitrogens with zero attached hydrogens (tertiary/aromatic N) is 1. The standard InChI is InChI=1S/C21H23ClN2O2/c1-15-3-2-4-16(13-15)14-20(25)24-11-9-17(10-12-24)21(26)23-19-7-5-18(22)6-8-19/h2-8,13,17H,9-12,14H2,1H3,(H,23,26). The van der Waals surface area contributed by atoms with E-state index in [9.17, 15) is 9.59 Å². The van der Waals surface area contributed by atoms with Gasteiger partial charge in [-0.25, -0.2) is 0 Å². The molecule has 0 spiro atoms. The van der Waals surface area contributed by atoms with Crippen LogP contribution < -0.4 is 5.32 Å². The molecule has 0 radical (unpaired) electrons. The lowest BCUT2D eigenvalue weighted by molar-refractivity contribution is -0.133. The zero-order valence-corrected chi connectivity index (χ0v) is 15.6. The first kappa shape index (κ1) is 18.5. The number of anilines is 1. The summed E-state index contributed by atoms with van der Waals surface area (Å²) in [6, 6.07) is 15.1. The van der Waals surface area contributed by atoms with E-state index in [2.05, 4.69) is 5.32 Å². The average molecular weight is 371 g/mol. The Balaban J connectivity index is 1.49. The molecule has 1 aliphatic rings. The number of likely N-dealkylation sites (tertiary alicyclic amines) is 1. The van der Waals surface area contributed by atoms with Crippen LogP contribution in [0.2, 0.25) is 5.02 Å². The Morgan fingerprint density at radius 3 is 2.46 bits per heavy atom. The molecule has 0 aromatic heterocycles. The van der Waals surface area contributed by atoms with Gasteiger partial charge in [-0.3, -0.25) is 9.59 Å². The molecule has 136 valence electrons. The first-order valence-corrected chi connectivity index (χ1v) is 9.29. The van der Waals surface area contributed by atoms with Gasteiger partial charge in [0.25, 0.3) is 0 Å². The largest absolute Gasteiger partial charge is 0.342 e. The smallest absolute Gasteiger partial charge is 0.227 e. The molecule has 4 nitrogen and oxygen atoms in total. The van der Waals surface area contributed by atoms with Crippen molar-refractivity contribution in [3.8, 4) is 0 Å². The molecule has 3 rings (SSSR count). The predicted molar refractivity (Wildman–Crippen MR) is 104 cm³/mol. The van der Waals surface area contributed by atoms with Gasteiger partial charge in [0.1, 0.15) is 0 Å². The number of carbonyl (C=O) groups is 2. The highest BCUT2D eigenvalue weighted by atomic mass is 35.5. The summed E-state index contributed by atoms with van der Waals surface area (Å²) in [7, 11) is 0. The molecule has 0 aliphatic carbocycles. The van der Waals surface area contributed by atoms with E-state index in [-0.39, 0.29) is 17.7 Å². The van der Waals surface area contributed by atoms with Crippen LogP contribution in [-0.4, -0.2) is 29.8 Å². The number of hydrogen-bond donors (Lipinski definition) is 1. The van der Waals surface area contributed by atoms with Crippen LogP contribution in [0.5, 0.6) is 0 Å². The quantitative estimate of drug-likeness (QED) is 0.882. The van der Waals surface area contributed by atoms with Crippen molar-refractivity contribution in [2.24, 2.45) is 5.92 Å². The number of nitrogens with one attached hydrogen (secondary N) is 1. The highest BCUT2D eigenvalue weighted by molar-refractivity contribution is 6.30. The Hall–Kier alpha value is -2.33. The minimum atomic E-state index is -0.0614. The molecule has 2 aromatic carbocycles. The van der Waals surface area contributed by atoms with E-state index in [0.717, 1.165) is 16.8 Å². The van der Waals surface area contributed by atoms with Crippen LogP contribution in [0, 0.1) is 12.8 Å². The highest BCUT2D eigenvalue weighted by Crippen LogP contribution is 2.21. The van der Waals surface area contributed by atoms with E-state index < -0.39 is 0 Å². The zero-order chi connectivity index (χ0) is 18.5. The summed E-state index contributed by atoms with van der Waals surface area (Å²) in [5.74, 6) is 0.0824. The fourth-order valence-electron chi connectivity index (χ4n) is 3.28. The number of amides is 2. The average Bonchev–Trinajstić information content (AvgIpc) is 2.64. The van der Waals surface area contributed by atoms with Crippen LogP contribution in [0.3, 0.4) is 0 Å². The maximum Gasteiger partial charge on any atom is 0.227 e. The van der Waals surface area contributed by atoms with Gasteiger partial charge < -0.3 is 10.2 Å². The molecule has 0 atom stereocenters. The third-order valence-corrected chi connectivity index (χ3v) is 5.02. The fourth-order valence-corrected chi connectivity index (χ4v) is 3.40. The summed E-state index contributed by atoms with van der Waals surface area (Å²) in [5.41, 5.74) is 2.95. The number of aryl methyl sites for hydroxylation is 1. The predicted octanol–water partition coefficient (Wildman–Crippen LogP) is 4.07. The van der Waals surface area contributed by atoms with Crippen molar-refractivity contribution in [1.82, 2.24) is 4.90 Å². The molecule has 5 heteroatoms. The van der Waals surface area contributed by atoms with E-state index in [1.165, 1.54) is 0 Å². The van der Waals surface area contributed by atoms with Crippen molar-refractivity contribution in [1.29, 1.82) is 0 Å². The SMILES string of the molecule is Cc1cccc(CC(=O)N2CCC(C(=O)Nc3ccc(Cl)cc3)CC2)c1. The lowest BCUT2D eigenvalue weighted by atomic mass is 9.95. The van der Waals surface area contributed by atoms with Crippen molar-refractivity contribution >= 4 is 29.1 Å². The second-order valence-corrected chi connectivity index (χ2v) is 7.25. The van der Waals surface area contributed by atoms with E-state index in [1.807, 2.05) is 36.1 Å². The number of rotatable bonds is 4. The Kier molecular flexibility index (Phi) is 5.94. The van der Waals surface area contributed by atoms with Crippen molar-refractivity contribution in [3.63, 3.8) is 0 Å². The summed E-state index contributed by atoms with van der Waals surface area (Å²) in [5, 5.41) is 3.57. The second-order valence-electron chi connectivity index (χ2n) is 6.82. The third-order valence-electron chi connectivity index (χ3n) is 4.77. The molecule has 1 saturated heterocycles. The van der Waals surface area contributed by atoms with Crippen molar-refractivity contribution < 1.29 is 9.59 Å². The molecule has 0 bridgehead atoms. The molecule has 0 unspecified atom stereocenters. The van der Waals surface area contributed by atoms with E-state index in [4.69, 9.17) is 11.6 Å². The Labute approximate surface area is 159 Å². The summed E-state index contributed by atoms with van der Waals surface area (Å²) >= 11 is 5.86. The van der Waals surface area contributed by atoms with Gasteiger partial charge in [0.2, 0.25) is 11.8 Å². The zero-order valence-electron chi connectivity index (χ0n) is 14.9. The monoisotopic (exact) mass is 370 g/mol. The van der Waals surface area contributed by atoms with Crippen LogP contribution in [0.25, 0.3) is 0 Å². The maximum absolute atomic E-state index is 12.5. The van der Waals surface area contributed by atoms with Gasteiger partial charge in [-0.05, 0) is 49.6 Å². The summed E-state index contributed by atoms with van der Waals surface area (Å²) < 4.78 is 0. The summed E-state index contributed by atoms with van der Waals surface area (Å²) in [6.07, 6.45) is 1.81. The lowest BCUT2D eigenvalue weighted by Crippen LogP contribution is -2.42. The maximum atomic E-state index is 12.5. The van der Waals surface area contributed by atoms with Gasteiger partial charge in [0.15, 0.2) is 0 Å². The van der Waals surface area contributed by atoms with Crippen molar-refractivity contribution in [2.75, 3.05) is 18.4 Å². The second kappa shape index (κ2) is 8.37. The van der Waals surface area contributed by atoms with Gasteiger partial charge in [-0.15, -0.1) is 0 Å². The normalized spacial score (nSPS) is 14.9. The Morgan fingerprint density at radius 2 is 1.81 bits per heavy atom. The molecule has 1 N–H and O–H groups in total. The molecular formula is C21H23ClN2O2. The molecule has 1 aliphatic heterocycles. The van der Waals surface area contributed by atoms with Gasteiger partial charge in [0.05, 0.1) is 6.42 Å². The van der Waals surface area contributed by atoms with Gasteiger partial charge in [-0.2, -0.15) is 0 Å². The minimum Gasteiger partial charge on any atom is -0.342 e. The highest BCUT2D eigenvalue weighted by Gasteiger charge is 2.27. The topological polar surface area (TPSA) is 49.4 Å². The number of hydrogen-bond acceptors (Lipinski definition) is 2. The first-order chi connectivity index (χ1) is 12.5. The van der Waals surface area contributed by atoms with Crippen LogP contribution in [0.4, 0.5) is 5.69 Å². The van der Waals surface area contributed by atoms with Gasteiger partial charge in [-0.1, -0.05) is 41.4 Å². The Bertz CT molecular complexity index is 781. The minimum absolute atomic E-state index is 0.0121. The Morgan fingerprint density at radius 1 is 1.12 bits per heavy atom. The lowest BCUT2D eigenvalue weighted by Gasteiger charge is -2.31. The van der Waals surface area contributed by atoms with Crippen LogP contribution >= 0.6 is 11.6 Å². The number of piperidine rings is 1. The van der Waals surface area contributed by atoms with E-state index in [1.54, 1.807) is 24.3 Å². The molecular weight excluding hydrogens is 348 g/mol.